The van der Waals surface area contributed by atoms with E-state index in [1.165, 1.54) is 38.9 Å². The van der Waals surface area contributed by atoms with Gasteiger partial charge in [-0.2, -0.15) is 0 Å². The van der Waals surface area contributed by atoms with Crippen molar-refractivity contribution in [3.8, 4) is 0 Å². The van der Waals surface area contributed by atoms with Crippen LogP contribution in [0.5, 0.6) is 0 Å². The SMILES string of the molecule is CC1C(N)CCN(CCCCN(C)C)C1C. The van der Waals surface area contributed by atoms with Gasteiger partial charge < -0.3 is 15.5 Å². The number of likely N-dealkylation sites (tertiary alicyclic amines) is 1. The van der Waals surface area contributed by atoms with Crippen molar-refractivity contribution < 1.29 is 0 Å². The quantitative estimate of drug-likeness (QED) is 0.720. The fraction of sp³-hybridized carbons (Fsp3) is 1.00. The van der Waals surface area contributed by atoms with Crippen molar-refractivity contribution in [3.63, 3.8) is 0 Å². The van der Waals surface area contributed by atoms with Gasteiger partial charge in [-0.3, -0.25) is 0 Å². The van der Waals surface area contributed by atoms with E-state index in [9.17, 15) is 0 Å². The number of hydrogen-bond acceptors (Lipinski definition) is 3. The lowest BCUT2D eigenvalue weighted by Gasteiger charge is -2.41. The van der Waals surface area contributed by atoms with Gasteiger partial charge in [-0.1, -0.05) is 6.92 Å². The average molecular weight is 227 g/mol. The van der Waals surface area contributed by atoms with Crippen molar-refractivity contribution in [1.29, 1.82) is 0 Å². The first-order valence-electron chi connectivity index (χ1n) is 6.66. The lowest BCUT2D eigenvalue weighted by atomic mass is 9.87. The molecule has 1 aliphatic rings. The highest BCUT2D eigenvalue weighted by Crippen LogP contribution is 2.22. The van der Waals surface area contributed by atoms with E-state index < -0.39 is 0 Å². The maximum atomic E-state index is 6.09. The molecule has 0 aromatic rings. The molecule has 1 fully saturated rings. The van der Waals surface area contributed by atoms with Crippen molar-refractivity contribution in [2.24, 2.45) is 11.7 Å². The van der Waals surface area contributed by atoms with E-state index in [-0.39, 0.29) is 0 Å². The summed E-state index contributed by atoms with van der Waals surface area (Å²) in [5, 5.41) is 0. The number of rotatable bonds is 5. The third kappa shape index (κ3) is 4.04. The molecule has 16 heavy (non-hydrogen) atoms. The Labute approximate surface area is 101 Å². The van der Waals surface area contributed by atoms with E-state index in [0.717, 1.165) is 0 Å². The second-order valence-electron chi connectivity index (χ2n) is 5.60. The third-order valence-corrected chi connectivity index (χ3v) is 4.06. The molecule has 3 unspecified atom stereocenters. The molecule has 1 heterocycles. The minimum absolute atomic E-state index is 0.410. The van der Waals surface area contributed by atoms with Crippen LogP contribution in [0.2, 0.25) is 0 Å². The summed E-state index contributed by atoms with van der Waals surface area (Å²) in [6.45, 7) is 8.26. The normalized spacial score (nSPS) is 32.2. The minimum atomic E-state index is 0.410. The van der Waals surface area contributed by atoms with Crippen molar-refractivity contribution in [3.05, 3.63) is 0 Å². The molecule has 0 aliphatic carbocycles. The van der Waals surface area contributed by atoms with Crippen LogP contribution in [0.4, 0.5) is 0 Å². The largest absolute Gasteiger partial charge is 0.327 e. The molecule has 3 heteroatoms. The summed E-state index contributed by atoms with van der Waals surface area (Å²) in [5.41, 5.74) is 6.09. The van der Waals surface area contributed by atoms with Crippen molar-refractivity contribution in [2.45, 2.75) is 45.2 Å². The topological polar surface area (TPSA) is 32.5 Å². The van der Waals surface area contributed by atoms with Crippen LogP contribution in [0.3, 0.4) is 0 Å². The maximum Gasteiger partial charge on any atom is 0.0107 e. The molecule has 0 amide bonds. The number of nitrogens with zero attached hydrogens (tertiary/aromatic N) is 2. The molecule has 0 radical (unpaired) electrons. The Balaban J connectivity index is 2.21. The molecule has 0 aromatic heterocycles. The van der Waals surface area contributed by atoms with Gasteiger partial charge in [0.15, 0.2) is 0 Å². The standard InChI is InChI=1S/C13H29N3/c1-11-12(2)16(10-7-13(11)14)9-6-5-8-15(3)4/h11-13H,5-10,14H2,1-4H3. The summed E-state index contributed by atoms with van der Waals surface area (Å²) in [6.07, 6.45) is 3.78. The van der Waals surface area contributed by atoms with Crippen LogP contribution in [-0.4, -0.2) is 55.6 Å². The fourth-order valence-corrected chi connectivity index (χ4v) is 2.53. The molecular weight excluding hydrogens is 198 g/mol. The number of unbranched alkanes of at least 4 members (excludes halogenated alkanes) is 1. The van der Waals surface area contributed by atoms with Crippen LogP contribution in [0.15, 0.2) is 0 Å². The molecule has 0 bridgehead atoms. The Morgan fingerprint density at radius 3 is 2.56 bits per heavy atom. The Morgan fingerprint density at radius 1 is 1.25 bits per heavy atom. The highest BCUT2D eigenvalue weighted by Gasteiger charge is 2.29. The van der Waals surface area contributed by atoms with E-state index in [1.54, 1.807) is 0 Å². The maximum absolute atomic E-state index is 6.09. The molecule has 2 N–H and O–H groups in total. The summed E-state index contributed by atoms with van der Waals surface area (Å²) in [6, 6.07) is 1.07. The fourth-order valence-electron chi connectivity index (χ4n) is 2.53. The first-order chi connectivity index (χ1) is 7.52. The lowest BCUT2D eigenvalue weighted by molar-refractivity contribution is 0.0956. The molecule has 0 aromatic carbocycles. The molecule has 3 nitrogen and oxygen atoms in total. The van der Waals surface area contributed by atoms with Crippen LogP contribution >= 0.6 is 0 Å². The molecule has 3 atom stereocenters. The van der Waals surface area contributed by atoms with Crippen LogP contribution in [-0.2, 0) is 0 Å². The summed E-state index contributed by atoms with van der Waals surface area (Å²) in [4.78, 5) is 4.88. The van der Waals surface area contributed by atoms with E-state index in [4.69, 9.17) is 5.73 Å². The van der Waals surface area contributed by atoms with E-state index >= 15 is 0 Å². The van der Waals surface area contributed by atoms with E-state index in [0.29, 0.717) is 18.0 Å². The summed E-state index contributed by atoms with van der Waals surface area (Å²) >= 11 is 0. The van der Waals surface area contributed by atoms with Gasteiger partial charge in [0.2, 0.25) is 0 Å². The van der Waals surface area contributed by atoms with Gasteiger partial charge in [-0.15, -0.1) is 0 Å². The zero-order valence-electron chi connectivity index (χ0n) is 11.4. The van der Waals surface area contributed by atoms with Crippen molar-refractivity contribution in [1.82, 2.24) is 9.80 Å². The van der Waals surface area contributed by atoms with Crippen LogP contribution < -0.4 is 5.73 Å². The zero-order valence-corrected chi connectivity index (χ0v) is 11.4. The average Bonchev–Trinajstić information content (AvgIpc) is 2.23. The van der Waals surface area contributed by atoms with Crippen LogP contribution in [0.25, 0.3) is 0 Å². The van der Waals surface area contributed by atoms with Gasteiger partial charge in [-0.05, 0) is 65.8 Å². The van der Waals surface area contributed by atoms with E-state index in [1.807, 2.05) is 0 Å². The molecule has 1 rings (SSSR count). The molecule has 96 valence electrons. The second kappa shape index (κ2) is 6.58. The summed E-state index contributed by atoms with van der Waals surface area (Å²) in [5.74, 6) is 0.641. The van der Waals surface area contributed by atoms with Gasteiger partial charge in [0, 0.05) is 12.1 Å². The van der Waals surface area contributed by atoms with E-state index in [2.05, 4.69) is 37.7 Å². The Kier molecular flexibility index (Phi) is 5.73. The van der Waals surface area contributed by atoms with Crippen LogP contribution in [0, 0.1) is 5.92 Å². The first kappa shape index (κ1) is 13.9. The van der Waals surface area contributed by atoms with Gasteiger partial charge in [0.25, 0.3) is 0 Å². The molecule has 1 saturated heterocycles. The van der Waals surface area contributed by atoms with Gasteiger partial charge in [-0.25, -0.2) is 0 Å². The van der Waals surface area contributed by atoms with Crippen LogP contribution in [0.1, 0.15) is 33.1 Å². The van der Waals surface area contributed by atoms with Crippen molar-refractivity contribution >= 4 is 0 Å². The Bertz CT molecular complexity index is 194. The second-order valence-corrected chi connectivity index (χ2v) is 5.60. The number of hydrogen-bond donors (Lipinski definition) is 1. The Hall–Kier alpha value is -0.120. The molecular formula is C13H29N3. The molecule has 0 spiro atoms. The van der Waals surface area contributed by atoms with Gasteiger partial charge in [0.1, 0.15) is 0 Å². The minimum Gasteiger partial charge on any atom is -0.327 e. The highest BCUT2D eigenvalue weighted by atomic mass is 15.2. The first-order valence-corrected chi connectivity index (χ1v) is 6.66. The zero-order chi connectivity index (χ0) is 12.1. The lowest BCUT2D eigenvalue weighted by Crippen LogP contribution is -2.51. The summed E-state index contributed by atoms with van der Waals surface area (Å²) in [7, 11) is 4.29. The Morgan fingerprint density at radius 2 is 1.94 bits per heavy atom. The number of piperidine rings is 1. The highest BCUT2D eigenvalue weighted by molar-refractivity contribution is 4.86. The monoisotopic (exact) mass is 227 g/mol. The molecule has 0 saturated carbocycles. The van der Waals surface area contributed by atoms with Gasteiger partial charge >= 0.3 is 0 Å². The third-order valence-electron chi connectivity index (χ3n) is 4.06. The summed E-state index contributed by atoms with van der Waals surface area (Å²) < 4.78 is 0. The molecule has 1 aliphatic heterocycles. The number of nitrogens with two attached hydrogens (primary N) is 1. The predicted octanol–water partition coefficient (Wildman–Crippen LogP) is 1.39. The van der Waals surface area contributed by atoms with Crippen molar-refractivity contribution in [2.75, 3.05) is 33.7 Å². The predicted molar refractivity (Wildman–Crippen MR) is 70.6 cm³/mol. The smallest absolute Gasteiger partial charge is 0.0107 e. The van der Waals surface area contributed by atoms with Gasteiger partial charge in [0.05, 0.1) is 0 Å².